The van der Waals surface area contributed by atoms with Gasteiger partial charge in [-0.1, -0.05) is 0 Å². The number of alkyl halides is 2. The fraction of sp³-hybridized carbons (Fsp3) is 0.833. The van der Waals surface area contributed by atoms with Crippen LogP contribution in [0.2, 0.25) is 0 Å². The first-order valence-electron chi connectivity index (χ1n) is 2.86. The lowest BCUT2D eigenvalue weighted by molar-refractivity contribution is -0.130. The van der Waals surface area contributed by atoms with Crippen molar-refractivity contribution in [2.24, 2.45) is 5.41 Å². The van der Waals surface area contributed by atoms with E-state index in [1.165, 1.54) is 0 Å². The van der Waals surface area contributed by atoms with E-state index in [1.807, 2.05) is 0 Å². The molecule has 9 heavy (non-hydrogen) atoms. The third kappa shape index (κ3) is 1.22. The molecule has 1 nitrogen and oxygen atoms in total. The smallest absolute Gasteiger partial charge is 0.134 e. The fourth-order valence-electron chi connectivity index (χ4n) is 1.01. The summed E-state index contributed by atoms with van der Waals surface area (Å²) in [7, 11) is 0. The first kappa shape index (κ1) is 7.36. The Kier molecular flexibility index (Phi) is 2.02. The summed E-state index contributed by atoms with van der Waals surface area (Å²) < 4.78 is 0. The van der Waals surface area contributed by atoms with Crippen LogP contribution >= 0.6 is 23.2 Å². The maximum absolute atomic E-state index is 10.5. The summed E-state index contributed by atoms with van der Waals surface area (Å²) in [6.07, 6.45) is 1.17. The molecule has 0 amide bonds. The predicted molar refractivity (Wildman–Crippen MR) is 38.1 cm³/mol. The quantitative estimate of drug-likeness (QED) is 0.573. The monoisotopic (exact) mass is 166 g/mol. The van der Waals surface area contributed by atoms with Gasteiger partial charge in [-0.15, -0.1) is 23.2 Å². The van der Waals surface area contributed by atoms with Crippen molar-refractivity contribution >= 4 is 29.0 Å². The van der Waals surface area contributed by atoms with Gasteiger partial charge in [0.15, 0.2) is 0 Å². The molecule has 0 atom stereocenters. The van der Waals surface area contributed by atoms with Gasteiger partial charge in [0.05, 0.1) is 0 Å². The average molecular weight is 167 g/mol. The lowest BCUT2D eigenvalue weighted by Gasteiger charge is -2.36. The Hall–Kier alpha value is 0.250. The van der Waals surface area contributed by atoms with E-state index in [0.717, 1.165) is 0 Å². The number of halogens is 2. The van der Waals surface area contributed by atoms with Crippen molar-refractivity contribution < 1.29 is 4.79 Å². The van der Waals surface area contributed by atoms with Crippen LogP contribution in [0, 0.1) is 5.41 Å². The molecule has 0 saturated heterocycles. The molecule has 1 saturated carbocycles. The maximum atomic E-state index is 10.5. The second kappa shape index (κ2) is 2.47. The molecule has 52 valence electrons. The second-order valence-electron chi connectivity index (χ2n) is 2.66. The van der Waals surface area contributed by atoms with Gasteiger partial charge in [-0.2, -0.15) is 0 Å². The summed E-state index contributed by atoms with van der Waals surface area (Å²) in [5, 5.41) is 0. The Balaban J connectivity index is 2.44. The molecule has 0 radical (unpaired) electrons. The standard InChI is InChI=1S/C6H8Cl2O/c7-3-6(4-8)1-5(9)2-6/h1-4H2. The molecule has 1 aliphatic rings. The Bertz CT molecular complexity index is 119. The molecular formula is C6H8Cl2O. The summed E-state index contributed by atoms with van der Waals surface area (Å²) in [6.45, 7) is 0. The number of hydrogen-bond acceptors (Lipinski definition) is 1. The van der Waals surface area contributed by atoms with Crippen molar-refractivity contribution in [3.8, 4) is 0 Å². The highest BCUT2D eigenvalue weighted by Crippen LogP contribution is 2.39. The molecule has 0 spiro atoms. The van der Waals surface area contributed by atoms with Gasteiger partial charge < -0.3 is 0 Å². The van der Waals surface area contributed by atoms with Gasteiger partial charge >= 0.3 is 0 Å². The van der Waals surface area contributed by atoms with Crippen LogP contribution in [0.3, 0.4) is 0 Å². The second-order valence-corrected chi connectivity index (χ2v) is 3.19. The van der Waals surface area contributed by atoms with E-state index in [2.05, 4.69) is 0 Å². The summed E-state index contributed by atoms with van der Waals surface area (Å²) in [5.41, 5.74) is -0.0415. The molecule has 0 heterocycles. The Labute approximate surface area is 64.3 Å². The zero-order chi connectivity index (χ0) is 6.91. The van der Waals surface area contributed by atoms with Crippen LogP contribution in [0.4, 0.5) is 0 Å². The number of Topliss-reactive ketones (excluding diaryl/α,β-unsaturated/α-hetero) is 1. The molecule has 1 fully saturated rings. The van der Waals surface area contributed by atoms with E-state index < -0.39 is 0 Å². The van der Waals surface area contributed by atoms with E-state index >= 15 is 0 Å². The predicted octanol–water partition coefficient (Wildman–Crippen LogP) is 1.81. The van der Waals surface area contributed by atoms with Gasteiger partial charge in [0, 0.05) is 30.0 Å². The average Bonchev–Trinajstić information content (AvgIpc) is 1.81. The zero-order valence-corrected chi connectivity index (χ0v) is 6.50. The van der Waals surface area contributed by atoms with E-state index in [9.17, 15) is 4.79 Å². The third-order valence-corrected chi connectivity index (χ3v) is 2.85. The highest BCUT2D eigenvalue weighted by Gasteiger charge is 2.41. The van der Waals surface area contributed by atoms with E-state index in [0.29, 0.717) is 24.6 Å². The minimum absolute atomic E-state index is 0.0415. The SMILES string of the molecule is O=C1CC(CCl)(CCl)C1. The van der Waals surface area contributed by atoms with E-state index in [-0.39, 0.29) is 11.2 Å². The number of hydrogen-bond donors (Lipinski definition) is 0. The summed E-state index contributed by atoms with van der Waals surface area (Å²) in [6, 6.07) is 0. The molecule has 0 aromatic heterocycles. The van der Waals surface area contributed by atoms with Crippen LogP contribution in [0.15, 0.2) is 0 Å². The Morgan fingerprint density at radius 1 is 1.33 bits per heavy atom. The molecular weight excluding hydrogens is 159 g/mol. The van der Waals surface area contributed by atoms with Gasteiger partial charge in [0.2, 0.25) is 0 Å². The number of ketones is 1. The van der Waals surface area contributed by atoms with Crippen molar-refractivity contribution in [3.63, 3.8) is 0 Å². The molecule has 0 bridgehead atoms. The van der Waals surface area contributed by atoms with Crippen LogP contribution in [0.5, 0.6) is 0 Å². The molecule has 0 aromatic carbocycles. The van der Waals surface area contributed by atoms with Gasteiger partial charge in [-0.05, 0) is 0 Å². The number of carbonyl (C=O) groups excluding carboxylic acids is 1. The number of carbonyl (C=O) groups is 1. The normalized spacial score (nSPS) is 23.6. The Morgan fingerprint density at radius 2 is 1.78 bits per heavy atom. The molecule has 0 N–H and O–H groups in total. The summed E-state index contributed by atoms with van der Waals surface area (Å²) in [5.74, 6) is 1.32. The van der Waals surface area contributed by atoms with Gasteiger partial charge in [0.1, 0.15) is 5.78 Å². The zero-order valence-electron chi connectivity index (χ0n) is 4.99. The van der Waals surface area contributed by atoms with Crippen molar-refractivity contribution in [2.75, 3.05) is 11.8 Å². The molecule has 3 heteroatoms. The Morgan fingerprint density at radius 3 is 1.89 bits per heavy atom. The summed E-state index contributed by atoms with van der Waals surface area (Å²) in [4.78, 5) is 10.5. The fourth-order valence-corrected chi connectivity index (χ4v) is 1.67. The molecule has 1 rings (SSSR count). The van der Waals surface area contributed by atoms with Crippen LogP contribution < -0.4 is 0 Å². The van der Waals surface area contributed by atoms with Gasteiger partial charge in [-0.3, -0.25) is 4.79 Å². The van der Waals surface area contributed by atoms with Crippen LogP contribution in [-0.2, 0) is 4.79 Å². The van der Waals surface area contributed by atoms with E-state index in [4.69, 9.17) is 23.2 Å². The third-order valence-electron chi connectivity index (χ3n) is 1.71. The van der Waals surface area contributed by atoms with Crippen molar-refractivity contribution in [1.29, 1.82) is 0 Å². The summed E-state index contributed by atoms with van der Waals surface area (Å²) >= 11 is 11.2. The lowest BCUT2D eigenvalue weighted by Crippen LogP contribution is -2.40. The topological polar surface area (TPSA) is 17.1 Å². The largest absolute Gasteiger partial charge is 0.300 e. The molecule has 0 aliphatic heterocycles. The van der Waals surface area contributed by atoms with E-state index in [1.54, 1.807) is 0 Å². The van der Waals surface area contributed by atoms with Crippen molar-refractivity contribution in [2.45, 2.75) is 12.8 Å². The first-order valence-corrected chi connectivity index (χ1v) is 3.93. The van der Waals surface area contributed by atoms with Crippen LogP contribution in [-0.4, -0.2) is 17.5 Å². The number of rotatable bonds is 2. The first-order chi connectivity index (χ1) is 4.22. The minimum atomic E-state index is -0.0415. The van der Waals surface area contributed by atoms with Crippen molar-refractivity contribution in [3.05, 3.63) is 0 Å². The highest BCUT2D eigenvalue weighted by atomic mass is 35.5. The minimum Gasteiger partial charge on any atom is -0.300 e. The lowest BCUT2D eigenvalue weighted by atomic mass is 9.71. The van der Waals surface area contributed by atoms with Crippen LogP contribution in [0.25, 0.3) is 0 Å². The highest BCUT2D eigenvalue weighted by molar-refractivity contribution is 6.22. The molecule has 0 unspecified atom stereocenters. The van der Waals surface area contributed by atoms with Crippen molar-refractivity contribution in [1.82, 2.24) is 0 Å². The van der Waals surface area contributed by atoms with Crippen LogP contribution in [0.1, 0.15) is 12.8 Å². The van der Waals surface area contributed by atoms with Gasteiger partial charge in [-0.25, -0.2) is 0 Å². The van der Waals surface area contributed by atoms with Gasteiger partial charge in [0.25, 0.3) is 0 Å². The molecule has 0 aromatic rings. The maximum Gasteiger partial charge on any atom is 0.134 e. The molecule has 1 aliphatic carbocycles.